The van der Waals surface area contributed by atoms with Crippen molar-refractivity contribution in [2.24, 2.45) is 5.92 Å². The average molecular weight is 399 g/mol. The zero-order valence-electron chi connectivity index (χ0n) is 17.9. The van der Waals surface area contributed by atoms with Crippen LogP contribution in [-0.2, 0) is 9.59 Å². The van der Waals surface area contributed by atoms with Crippen LogP contribution in [0.2, 0.25) is 0 Å². The smallest absolute Gasteiger partial charge is 0.222 e. The van der Waals surface area contributed by atoms with Crippen LogP contribution in [0.1, 0.15) is 62.8 Å². The van der Waals surface area contributed by atoms with Crippen LogP contribution < -0.4 is 4.90 Å². The number of amides is 2. The van der Waals surface area contributed by atoms with E-state index in [4.69, 9.17) is 4.98 Å². The molecule has 2 amide bonds. The molecule has 0 aromatic carbocycles. The number of carbonyl (C=O) groups excluding carboxylic acids is 2. The summed E-state index contributed by atoms with van der Waals surface area (Å²) in [6.45, 7) is 8.63. The molecule has 6 nitrogen and oxygen atoms in total. The maximum atomic E-state index is 12.7. The van der Waals surface area contributed by atoms with Crippen LogP contribution >= 0.6 is 0 Å². The number of anilines is 1. The molecular formula is C23H34N4O2. The predicted molar refractivity (Wildman–Crippen MR) is 114 cm³/mol. The Hall–Kier alpha value is -2.11. The van der Waals surface area contributed by atoms with Gasteiger partial charge in [-0.2, -0.15) is 0 Å². The highest BCUT2D eigenvalue weighted by molar-refractivity contribution is 5.77. The van der Waals surface area contributed by atoms with Gasteiger partial charge in [-0.25, -0.2) is 0 Å². The van der Waals surface area contributed by atoms with Crippen molar-refractivity contribution in [2.45, 2.75) is 58.3 Å². The molecule has 2 aliphatic heterocycles. The molecule has 4 rings (SSSR count). The van der Waals surface area contributed by atoms with Crippen LogP contribution in [0.4, 0.5) is 5.69 Å². The van der Waals surface area contributed by atoms with E-state index in [1.807, 2.05) is 4.90 Å². The Kier molecular flexibility index (Phi) is 6.07. The van der Waals surface area contributed by atoms with E-state index in [0.29, 0.717) is 17.7 Å². The van der Waals surface area contributed by atoms with Crippen molar-refractivity contribution in [1.82, 2.24) is 14.8 Å². The lowest BCUT2D eigenvalue weighted by Gasteiger charge is -2.36. The summed E-state index contributed by atoms with van der Waals surface area (Å²) in [5.74, 6) is 1.44. The fraction of sp³-hybridized carbons (Fsp3) is 0.696. The monoisotopic (exact) mass is 398 g/mol. The zero-order valence-corrected chi connectivity index (χ0v) is 17.9. The summed E-state index contributed by atoms with van der Waals surface area (Å²) in [5, 5.41) is 0. The Morgan fingerprint density at radius 2 is 1.72 bits per heavy atom. The largest absolute Gasteiger partial charge is 0.368 e. The van der Waals surface area contributed by atoms with Gasteiger partial charge in [0, 0.05) is 75.6 Å². The quantitative estimate of drug-likeness (QED) is 0.782. The highest BCUT2D eigenvalue weighted by Gasteiger charge is 2.30. The van der Waals surface area contributed by atoms with Crippen LogP contribution in [0.15, 0.2) is 12.1 Å². The maximum absolute atomic E-state index is 12.7. The molecule has 0 spiro atoms. The van der Waals surface area contributed by atoms with Gasteiger partial charge in [-0.15, -0.1) is 0 Å². The second kappa shape index (κ2) is 8.72. The van der Waals surface area contributed by atoms with Gasteiger partial charge in [-0.1, -0.05) is 12.8 Å². The molecule has 3 fully saturated rings. The van der Waals surface area contributed by atoms with Crippen LogP contribution in [0.25, 0.3) is 0 Å². The number of rotatable bonds is 4. The van der Waals surface area contributed by atoms with Gasteiger partial charge >= 0.3 is 0 Å². The molecule has 158 valence electrons. The third kappa shape index (κ3) is 4.73. The average Bonchev–Trinajstić information content (AvgIpc) is 3.39. The normalized spacial score (nSPS) is 23.1. The fourth-order valence-electron chi connectivity index (χ4n) is 5.17. The number of likely N-dealkylation sites (tertiary alicyclic amines) is 1. The molecule has 0 bridgehead atoms. The molecule has 1 aromatic rings. The number of carbonyl (C=O) groups is 2. The number of hydrogen-bond acceptors (Lipinski definition) is 4. The SMILES string of the molecule is CC(=O)N1CCN(c2cc(C)nc([C@@H]3CCN(C(=O)CC4CCCC4)C3)c2)CC1. The molecule has 3 heterocycles. The van der Waals surface area contributed by atoms with E-state index in [1.54, 1.807) is 6.92 Å². The van der Waals surface area contributed by atoms with Gasteiger partial charge in [0.05, 0.1) is 0 Å². The molecule has 1 aromatic heterocycles. The maximum Gasteiger partial charge on any atom is 0.222 e. The van der Waals surface area contributed by atoms with E-state index in [9.17, 15) is 9.59 Å². The summed E-state index contributed by atoms with van der Waals surface area (Å²) in [5.41, 5.74) is 3.35. The Morgan fingerprint density at radius 1 is 1.00 bits per heavy atom. The molecule has 3 aliphatic rings. The number of piperazine rings is 1. The van der Waals surface area contributed by atoms with Crippen LogP contribution in [0.3, 0.4) is 0 Å². The summed E-state index contributed by atoms with van der Waals surface area (Å²) in [4.78, 5) is 35.5. The lowest BCUT2D eigenvalue weighted by atomic mass is 10.0. The molecule has 0 radical (unpaired) electrons. The molecule has 0 unspecified atom stereocenters. The second-order valence-electron chi connectivity index (χ2n) is 9.06. The molecular weight excluding hydrogens is 364 g/mol. The van der Waals surface area contributed by atoms with Crippen molar-refractivity contribution in [3.05, 3.63) is 23.5 Å². The zero-order chi connectivity index (χ0) is 20.4. The lowest BCUT2D eigenvalue weighted by molar-refractivity contribution is -0.131. The number of nitrogens with zero attached hydrogens (tertiary/aromatic N) is 4. The van der Waals surface area contributed by atoms with Gasteiger partial charge in [0.1, 0.15) is 0 Å². The Labute approximate surface area is 174 Å². The van der Waals surface area contributed by atoms with Gasteiger partial charge in [-0.3, -0.25) is 14.6 Å². The highest BCUT2D eigenvalue weighted by Crippen LogP contribution is 2.32. The summed E-state index contributed by atoms with van der Waals surface area (Å²) >= 11 is 0. The molecule has 29 heavy (non-hydrogen) atoms. The van der Waals surface area contributed by atoms with Gasteiger partial charge in [0.2, 0.25) is 11.8 Å². The number of aromatic nitrogens is 1. The van der Waals surface area contributed by atoms with E-state index in [2.05, 4.69) is 28.9 Å². The first-order chi connectivity index (χ1) is 14.0. The van der Waals surface area contributed by atoms with Crippen molar-refractivity contribution < 1.29 is 9.59 Å². The van der Waals surface area contributed by atoms with Crippen LogP contribution in [0, 0.1) is 12.8 Å². The van der Waals surface area contributed by atoms with E-state index in [-0.39, 0.29) is 5.91 Å². The number of hydrogen-bond donors (Lipinski definition) is 0. The summed E-state index contributed by atoms with van der Waals surface area (Å²) < 4.78 is 0. The Balaban J connectivity index is 1.39. The van der Waals surface area contributed by atoms with Crippen LogP contribution in [-0.4, -0.2) is 65.9 Å². The van der Waals surface area contributed by atoms with Gasteiger partial charge in [0.25, 0.3) is 0 Å². The van der Waals surface area contributed by atoms with Crippen molar-refractivity contribution in [3.63, 3.8) is 0 Å². The minimum atomic E-state index is 0.157. The van der Waals surface area contributed by atoms with Crippen LogP contribution in [0.5, 0.6) is 0 Å². The van der Waals surface area contributed by atoms with E-state index in [0.717, 1.165) is 63.5 Å². The first-order valence-electron chi connectivity index (χ1n) is 11.3. The molecule has 2 saturated heterocycles. The minimum absolute atomic E-state index is 0.157. The van der Waals surface area contributed by atoms with Crippen molar-refractivity contribution >= 4 is 17.5 Å². The molecule has 6 heteroatoms. The number of pyridine rings is 1. The van der Waals surface area contributed by atoms with Gasteiger partial charge < -0.3 is 14.7 Å². The first kappa shape index (κ1) is 20.2. The molecule has 1 aliphatic carbocycles. The third-order valence-electron chi connectivity index (χ3n) is 6.95. The Bertz CT molecular complexity index is 751. The standard InChI is InChI=1S/C23H34N4O2/c1-17-13-21(26-11-9-25(10-12-26)18(2)28)15-22(24-17)20-7-8-27(16-20)23(29)14-19-5-3-4-6-19/h13,15,19-20H,3-12,14,16H2,1-2H3/t20-/m1/s1. The first-order valence-corrected chi connectivity index (χ1v) is 11.3. The van der Waals surface area contributed by atoms with E-state index < -0.39 is 0 Å². The summed E-state index contributed by atoms with van der Waals surface area (Å²) in [6.07, 6.45) is 6.77. The molecule has 0 N–H and O–H groups in total. The van der Waals surface area contributed by atoms with E-state index >= 15 is 0 Å². The van der Waals surface area contributed by atoms with E-state index in [1.165, 1.54) is 31.4 Å². The predicted octanol–water partition coefficient (Wildman–Crippen LogP) is 2.95. The highest BCUT2D eigenvalue weighted by atomic mass is 16.2. The third-order valence-corrected chi connectivity index (χ3v) is 6.95. The summed E-state index contributed by atoms with van der Waals surface area (Å²) in [7, 11) is 0. The topological polar surface area (TPSA) is 56.8 Å². The lowest BCUT2D eigenvalue weighted by Crippen LogP contribution is -2.48. The van der Waals surface area contributed by atoms with Gasteiger partial charge in [-0.05, 0) is 44.2 Å². The Morgan fingerprint density at radius 3 is 2.41 bits per heavy atom. The van der Waals surface area contributed by atoms with Gasteiger partial charge in [0.15, 0.2) is 0 Å². The minimum Gasteiger partial charge on any atom is -0.368 e. The second-order valence-corrected chi connectivity index (χ2v) is 9.06. The fourth-order valence-corrected chi connectivity index (χ4v) is 5.17. The molecule has 1 atom stereocenters. The van der Waals surface area contributed by atoms with Crippen molar-refractivity contribution in [1.29, 1.82) is 0 Å². The number of aryl methyl sites for hydroxylation is 1. The summed E-state index contributed by atoms with van der Waals surface area (Å²) in [6, 6.07) is 4.36. The van der Waals surface area contributed by atoms with Crippen molar-refractivity contribution in [3.8, 4) is 0 Å². The van der Waals surface area contributed by atoms with Crippen molar-refractivity contribution in [2.75, 3.05) is 44.2 Å². The molecule has 1 saturated carbocycles.